The molecule has 9 nitrogen and oxygen atoms in total. The van der Waals surface area contributed by atoms with Gasteiger partial charge < -0.3 is 33.3 Å². The maximum atomic E-state index is 5.65. The van der Waals surface area contributed by atoms with E-state index in [1.54, 1.807) is 54.4 Å². The van der Waals surface area contributed by atoms with Crippen LogP contribution in [0.15, 0.2) is 96.0 Å². The zero-order valence-electron chi connectivity index (χ0n) is 31.7. The summed E-state index contributed by atoms with van der Waals surface area (Å²) in [5, 5.41) is 0. The standard InChI is InChI=1S/C43H49N3O6S/c1-47-38-23-32(24-39(48-2)42(38)51-5)31-10-8-9-29(21-31)28-46(34-11-13-36(53-7)14-12-34)35-16-19-45(20-17-35)27-30-15-18-44-37(22-30)33-25-40(49-3)43(52-6)41(26-33)50-4/h8-15,18,21-26,35H,16-17,19-20,27-28H2,1-7H3. The van der Waals surface area contributed by atoms with Crippen LogP contribution in [0.5, 0.6) is 34.5 Å². The Morgan fingerprint density at radius 2 is 1.23 bits per heavy atom. The van der Waals surface area contributed by atoms with Crippen LogP contribution in [-0.2, 0) is 13.1 Å². The van der Waals surface area contributed by atoms with Crippen LogP contribution in [0.3, 0.4) is 0 Å². The van der Waals surface area contributed by atoms with E-state index < -0.39 is 0 Å². The number of thioether (sulfide) groups is 1. The summed E-state index contributed by atoms with van der Waals surface area (Å²) in [6.07, 6.45) is 6.11. The van der Waals surface area contributed by atoms with Gasteiger partial charge in [-0.25, -0.2) is 0 Å². The summed E-state index contributed by atoms with van der Waals surface area (Å²) in [6.45, 7) is 3.64. The molecule has 1 saturated heterocycles. The van der Waals surface area contributed by atoms with Gasteiger partial charge in [-0.1, -0.05) is 18.2 Å². The summed E-state index contributed by atoms with van der Waals surface area (Å²) in [5.74, 6) is 3.65. The van der Waals surface area contributed by atoms with Crippen molar-refractivity contribution in [2.75, 3.05) is 66.9 Å². The average molecular weight is 736 g/mol. The van der Waals surface area contributed by atoms with Crippen molar-refractivity contribution in [1.82, 2.24) is 9.88 Å². The van der Waals surface area contributed by atoms with Gasteiger partial charge in [0.05, 0.1) is 48.4 Å². The highest BCUT2D eigenvalue weighted by Crippen LogP contribution is 2.42. The van der Waals surface area contributed by atoms with E-state index in [4.69, 9.17) is 28.4 Å². The van der Waals surface area contributed by atoms with E-state index in [0.29, 0.717) is 40.5 Å². The summed E-state index contributed by atoms with van der Waals surface area (Å²) < 4.78 is 33.6. The van der Waals surface area contributed by atoms with Gasteiger partial charge in [-0.2, -0.15) is 0 Å². The van der Waals surface area contributed by atoms with Crippen molar-refractivity contribution in [2.45, 2.75) is 36.9 Å². The number of piperidine rings is 1. The van der Waals surface area contributed by atoms with Gasteiger partial charge in [0.25, 0.3) is 0 Å². The summed E-state index contributed by atoms with van der Waals surface area (Å²) in [4.78, 5) is 11.1. The Bertz CT molecular complexity index is 1930. The molecule has 0 aliphatic carbocycles. The number of anilines is 1. The van der Waals surface area contributed by atoms with Crippen LogP contribution in [0.2, 0.25) is 0 Å². The Balaban J connectivity index is 1.20. The van der Waals surface area contributed by atoms with Crippen LogP contribution < -0.4 is 33.3 Å². The molecular weight excluding hydrogens is 687 g/mol. The zero-order chi connectivity index (χ0) is 37.3. The predicted molar refractivity (Wildman–Crippen MR) is 214 cm³/mol. The Morgan fingerprint density at radius 1 is 0.642 bits per heavy atom. The minimum absolute atomic E-state index is 0.392. The lowest BCUT2D eigenvalue weighted by Gasteiger charge is -2.40. The molecule has 6 rings (SSSR count). The van der Waals surface area contributed by atoms with Crippen LogP contribution in [0.4, 0.5) is 5.69 Å². The number of benzene rings is 4. The van der Waals surface area contributed by atoms with Crippen molar-refractivity contribution >= 4 is 17.4 Å². The molecule has 0 amide bonds. The molecule has 278 valence electrons. The van der Waals surface area contributed by atoms with Crippen molar-refractivity contribution in [1.29, 1.82) is 0 Å². The SMILES string of the molecule is COc1cc(-c2cccc(CN(c3ccc(SC)cc3)C3CCN(Cc4ccnc(-c5cc(OC)c(OC)c(OC)c5)c4)CC3)c2)cc(OC)c1OC. The van der Waals surface area contributed by atoms with Crippen LogP contribution >= 0.6 is 11.8 Å². The number of hydrogen-bond acceptors (Lipinski definition) is 10. The third kappa shape index (κ3) is 8.61. The van der Waals surface area contributed by atoms with Gasteiger partial charge in [0, 0.05) is 54.6 Å². The van der Waals surface area contributed by atoms with E-state index >= 15 is 0 Å². The fraction of sp³-hybridized carbons (Fsp3) is 0.326. The number of nitrogens with zero attached hydrogens (tertiary/aromatic N) is 3. The fourth-order valence-corrected chi connectivity index (χ4v) is 7.51. The summed E-state index contributed by atoms with van der Waals surface area (Å²) in [5.41, 5.74) is 7.58. The number of methoxy groups -OCH3 is 6. The van der Waals surface area contributed by atoms with Gasteiger partial charge in [-0.3, -0.25) is 9.88 Å². The van der Waals surface area contributed by atoms with E-state index in [0.717, 1.165) is 61.4 Å². The second-order valence-electron chi connectivity index (χ2n) is 12.9. The molecule has 0 N–H and O–H groups in total. The first-order valence-corrected chi connectivity index (χ1v) is 18.9. The van der Waals surface area contributed by atoms with Crippen molar-refractivity contribution in [3.05, 3.63) is 102 Å². The molecule has 0 unspecified atom stereocenters. The topological polar surface area (TPSA) is 74.8 Å². The quantitative estimate of drug-likeness (QED) is 0.0974. The largest absolute Gasteiger partial charge is 0.493 e. The van der Waals surface area contributed by atoms with Gasteiger partial charge in [0.15, 0.2) is 23.0 Å². The van der Waals surface area contributed by atoms with Crippen LogP contribution in [-0.4, -0.2) is 77.9 Å². The summed E-state index contributed by atoms with van der Waals surface area (Å²) >= 11 is 1.77. The van der Waals surface area contributed by atoms with E-state index in [1.165, 1.54) is 21.7 Å². The molecule has 0 radical (unpaired) electrons. The number of rotatable bonds is 15. The molecule has 5 aromatic rings. The Morgan fingerprint density at radius 3 is 1.77 bits per heavy atom. The van der Waals surface area contributed by atoms with Crippen molar-refractivity contribution in [3.8, 4) is 56.9 Å². The summed E-state index contributed by atoms with van der Waals surface area (Å²) in [7, 11) is 9.79. The van der Waals surface area contributed by atoms with Crippen molar-refractivity contribution < 1.29 is 28.4 Å². The van der Waals surface area contributed by atoms with Gasteiger partial charge in [-0.15, -0.1) is 11.8 Å². The fourth-order valence-electron chi connectivity index (χ4n) is 7.11. The molecule has 0 atom stereocenters. The normalized spacial score (nSPS) is 13.3. The third-order valence-corrected chi connectivity index (χ3v) is 10.6. The highest BCUT2D eigenvalue weighted by molar-refractivity contribution is 7.98. The van der Waals surface area contributed by atoms with E-state index in [9.17, 15) is 0 Å². The van der Waals surface area contributed by atoms with Crippen molar-refractivity contribution in [3.63, 3.8) is 0 Å². The zero-order valence-corrected chi connectivity index (χ0v) is 32.5. The Kier molecular flexibility index (Phi) is 12.5. The number of aromatic nitrogens is 1. The van der Waals surface area contributed by atoms with Gasteiger partial charge >= 0.3 is 0 Å². The van der Waals surface area contributed by atoms with Gasteiger partial charge in [0.1, 0.15) is 0 Å². The number of hydrogen-bond donors (Lipinski definition) is 0. The van der Waals surface area contributed by atoms with E-state index in [1.807, 2.05) is 30.5 Å². The van der Waals surface area contributed by atoms with Crippen LogP contribution in [0.25, 0.3) is 22.4 Å². The molecule has 10 heteroatoms. The second kappa shape index (κ2) is 17.6. The first-order valence-electron chi connectivity index (χ1n) is 17.7. The predicted octanol–water partition coefficient (Wildman–Crippen LogP) is 8.86. The molecule has 4 aromatic carbocycles. The van der Waals surface area contributed by atoms with Crippen LogP contribution in [0.1, 0.15) is 24.0 Å². The molecule has 0 spiro atoms. The molecule has 1 aromatic heterocycles. The number of pyridine rings is 1. The Hall–Kier alpha value is -5.06. The molecule has 53 heavy (non-hydrogen) atoms. The van der Waals surface area contributed by atoms with Crippen LogP contribution in [0, 0.1) is 0 Å². The monoisotopic (exact) mass is 735 g/mol. The second-order valence-corrected chi connectivity index (χ2v) is 13.8. The minimum Gasteiger partial charge on any atom is -0.493 e. The maximum Gasteiger partial charge on any atom is 0.203 e. The first kappa shape index (κ1) is 37.7. The number of likely N-dealkylation sites (tertiary alicyclic amines) is 1. The third-order valence-electron chi connectivity index (χ3n) is 9.87. The molecule has 1 aliphatic heterocycles. The van der Waals surface area contributed by atoms with E-state index in [2.05, 4.69) is 81.7 Å². The van der Waals surface area contributed by atoms with Crippen molar-refractivity contribution in [2.24, 2.45) is 0 Å². The van der Waals surface area contributed by atoms with Gasteiger partial charge in [-0.05, 0) is 108 Å². The number of ether oxygens (including phenoxy) is 6. The molecule has 1 fully saturated rings. The van der Waals surface area contributed by atoms with Gasteiger partial charge in [0.2, 0.25) is 11.5 Å². The van der Waals surface area contributed by atoms with E-state index in [-0.39, 0.29) is 0 Å². The summed E-state index contributed by atoms with van der Waals surface area (Å²) in [6, 6.07) is 30.3. The molecule has 0 saturated carbocycles. The molecule has 0 bridgehead atoms. The smallest absolute Gasteiger partial charge is 0.203 e. The molecule has 1 aliphatic rings. The first-order chi connectivity index (χ1) is 25.9. The maximum absolute atomic E-state index is 5.65. The lowest BCUT2D eigenvalue weighted by molar-refractivity contribution is 0.201. The highest BCUT2D eigenvalue weighted by atomic mass is 32.2. The highest BCUT2D eigenvalue weighted by Gasteiger charge is 2.26. The Labute approximate surface area is 317 Å². The minimum atomic E-state index is 0.392. The lowest BCUT2D eigenvalue weighted by atomic mass is 9.98. The lowest BCUT2D eigenvalue weighted by Crippen LogP contribution is -2.44. The molecular formula is C43H49N3O6S. The average Bonchev–Trinajstić information content (AvgIpc) is 3.22. The molecule has 2 heterocycles.